The van der Waals surface area contributed by atoms with Gasteiger partial charge in [0.15, 0.2) is 0 Å². The van der Waals surface area contributed by atoms with Crippen LogP contribution in [0.25, 0.3) is 11.1 Å². The van der Waals surface area contributed by atoms with Crippen LogP contribution in [0.4, 0.5) is 0 Å². The Balaban J connectivity index is 1.35. The van der Waals surface area contributed by atoms with Crippen LogP contribution in [0.15, 0.2) is 72.8 Å². The first-order valence-corrected chi connectivity index (χ1v) is 11.1. The van der Waals surface area contributed by atoms with Crippen molar-refractivity contribution in [3.05, 3.63) is 83.9 Å². The highest BCUT2D eigenvalue weighted by Crippen LogP contribution is 2.28. The lowest BCUT2D eigenvalue weighted by Gasteiger charge is -2.32. The van der Waals surface area contributed by atoms with Gasteiger partial charge in [-0.25, -0.2) is 0 Å². The van der Waals surface area contributed by atoms with Crippen LogP contribution in [-0.2, 0) is 0 Å². The van der Waals surface area contributed by atoms with E-state index in [0.717, 1.165) is 11.1 Å². The van der Waals surface area contributed by atoms with Gasteiger partial charge in [-0.2, -0.15) is 0 Å². The number of nitrogens with one attached hydrogen (secondary N) is 1. The normalized spacial score (nSPS) is 13.9. The van der Waals surface area contributed by atoms with Gasteiger partial charge in [-0.15, -0.1) is 0 Å². The number of piperidine rings is 1. The first-order chi connectivity index (χ1) is 16.1. The SMILES string of the molecule is COc1cccc(OC)c1C(=O)NC1CCN(C(=O)c2ccc(-c3ccccc3)cc2)CC1. The minimum Gasteiger partial charge on any atom is -0.496 e. The third-order valence-corrected chi connectivity index (χ3v) is 6.01. The maximum atomic E-state index is 13.0. The summed E-state index contributed by atoms with van der Waals surface area (Å²) < 4.78 is 10.7. The second-order valence-electron chi connectivity index (χ2n) is 8.02. The van der Waals surface area contributed by atoms with Gasteiger partial charge in [0, 0.05) is 24.7 Å². The summed E-state index contributed by atoms with van der Waals surface area (Å²) in [5, 5.41) is 3.07. The molecule has 1 fully saturated rings. The Morgan fingerprint density at radius 1 is 0.788 bits per heavy atom. The van der Waals surface area contributed by atoms with Crippen LogP contribution in [0.2, 0.25) is 0 Å². The highest BCUT2D eigenvalue weighted by atomic mass is 16.5. The van der Waals surface area contributed by atoms with Crippen LogP contribution >= 0.6 is 0 Å². The van der Waals surface area contributed by atoms with Crippen molar-refractivity contribution >= 4 is 11.8 Å². The summed E-state index contributed by atoms with van der Waals surface area (Å²) in [7, 11) is 3.06. The molecule has 0 unspecified atom stereocenters. The number of benzene rings is 3. The molecule has 0 radical (unpaired) electrons. The second-order valence-corrected chi connectivity index (χ2v) is 8.02. The van der Waals surface area contributed by atoms with Gasteiger partial charge in [-0.05, 0) is 48.2 Å². The van der Waals surface area contributed by atoms with Crippen LogP contribution in [0, 0.1) is 0 Å². The molecule has 33 heavy (non-hydrogen) atoms. The predicted octanol–water partition coefficient (Wildman–Crippen LogP) is 4.41. The van der Waals surface area contributed by atoms with E-state index in [1.165, 1.54) is 14.2 Å². The minimum atomic E-state index is -0.231. The highest BCUT2D eigenvalue weighted by Gasteiger charge is 2.27. The lowest BCUT2D eigenvalue weighted by Crippen LogP contribution is -2.46. The molecule has 1 aliphatic heterocycles. The van der Waals surface area contributed by atoms with Gasteiger partial charge >= 0.3 is 0 Å². The van der Waals surface area contributed by atoms with Gasteiger partial charge in [0.05, 0.1) is 14.2 Å². The van der Waals surface area contributed by atoms with E-state index in [-0.39, 0.29) is 17.9 Å². The molecular weight excluding hydrogens is 416 g/mol. The average molecular weight is 445 g/mol. The standard InChI is InChI=1S/C27H28N2O4/c1-32-23-9-6-10-24(33-2)25(23)26(30)28-22-15-17-29(18-16-22)27(31)21-13-11-20(12-14-21)19-7-4-3-5-8-19/h3-14,22H,15-18H2,1-2H3,(H,28,30). The summed E-state index contributed by atoms with van der Waals surface area (Å²) in [6.07, 6.45) is 1.38. The van der Waals surface area contributed by atoms with Crippen LogP contribution in [-0.4, -0.2) is 50.1 Å². The molecule has 0 aliphatic carbocycles. The number of hydrogen-bond donors (Lipinski definition) is 1. The Labute approximate surface area is 194 Å². The van der Waals surface area contributed by atoms with Gasteiger partial charge < -0.3 is 19.7 Å². The van der Waals surface area contributed by atoms with Crippen LogP contribution in [0.5, 0.6) is 11.5 Å². The number of hydrogen-bond acceptors (Lipinski definition) is 4. The van der Waals surface area contributed by atoms with Gasteiger partial charge in [0.1, 0.15) is 17.1 Å². The van der Waals surface area contributed by atoms with Crippen LogP contribution in [0.1, 0.15) is 33.6 Å². The monoisotopic (exact) mass is 444 g/mol. The summed E-state index contributed by atoms with van der Waals surface area (Å²) in [5.74, 6) is 0.730. The van der Waals surface area contributed by atoms with E-state index < -0.39 is 0 Å². The summed E-state index contributed by atoms with van der Waals surface area (Å²) in [6.45, 7) is 1.18. The Kier molecular flexibility index (Phi) is 6.93. The van der Waals surface area contributed by atoms with Crippen LogP contribution < -0.4 is 14.8 Å². The first kappa shape index (κ1) is 22.4. The van der Waals surface area contributed by atoms with Gasteiger partial charge in [-0.1, -0.05) is 48.5 Å². The van der Waals surface area contributed by atoms with E-state index in [1.807, 2.05) is 47.4 Å². The summed E-state index contributed by atoms with van der Waals surface area (Å²) >= 11 is 0. The number of likely N-dealkylation sites (tertiary alicyclic amines) is 1. The molecule has 1 aliphatic rings. The number of rotatable bonds is 6. The molecule has 1 heterocycles. The van der Waals surface area contributed by atoms with E-state index in [1.54, 1.807) is 18.2 Å². The molecule has 6 nitrogen and oxygen atoms in total. The Morgan fingerprint density at radius 2 is 1.36 bits per heavy atom. The zero-order valence-corrected chi connectivity index (χ0v) is 18.9. The largest absolute Gasteiger partial charge is 0.496 e. The molecule has 0 aromatic heterocycles. The summed E-state index contributed by atoms with van der Waals surface area (Å²) in [5.41, 5.74) is 3.27. The number of carbonyl (C=O) groups excluding carboxylic acids is 2. The maximum Gasteiger partial charge on any atom is 0.259 e. The molecule has 1 saturated heterocycles. The summed E-state index contributed by atoms with van der Waals surface area (Å²) in [4.78, 5) is 27.7. The fourth-order valence-corrected chi connectivity index (χ4v) is 4.18. The molecule has 0 bridgehead atoms. The lowest BCUT2D eigenvalue weighted by molar-refractivity contribution is 0.0698. The maximum absolute atomic E-state index is 13.0. The van der Waals surface area contributed by atoms with Crippen molar-refractivity contribution in [2.45, 2.75) is 18.9 Å². The lowest BCUT2D eigenvalue weighted by atomic mass is 10.0. The van der Waals surface area contributed by atoms with E-state index >= 15 is 0 Å². The van der Waals surface area contributed by atoms with Gasteiger partial charge in [-0.3, -0.25) is 9.59 Å². The molecule has 4 rings (SSSR count). The Bertz CT molecular complexity index is 1080. The van der Waals surface area contributed by atoms with Crippen molar-refractivity contribution in [2.75, 3.05) is 27.3 Å². The predicted molar refractivity (Wildman–Crippen MR) is 128 cm³/mol. The Hall–Kier alpha value is -3.80. The van der Waals surface area contributed by atoms with Crippen molar-refractivity contribution in [3.8, 4) is 22.6 Å². The molecule has 6 heteroatoms. The van der Waals surface area contributed by atoms with E-state index in [4.69, 9.17) is 9.47 Å². The third kappa shape index (κ3) is 5.00. The van der Waals surface area contributed by atoms with Crippen molar-refractivity contribution in [1.29, 1.82) is 0 Å². The Morgan fingerprint density at radius 3 is 1.94 bits per heavy atom. The fourth-order valence-electron chi connectivity index (χ4n) is 4.18. The third-order valence-electron chi connectivity index (χ3n) is 6.01. The molecular formula is C27H28N2O4. The molecule has 3 aromatic carbocycles. The fraction of sp³-hybridized carbons (Fsp3) is 0.259. The molecule has 170 valence electrons. The smallest absolute Gasteiger partial charge is 0.259 e. The number of nitrogens with zero attached hydrogens (tertiary/aromatic N) is 1. The van der Waals surface area contributed by atoms with E-state index in [0.29, 0.717) is 48.6 Å². The van der Waals surface area contributed by atoms with E-state index in [2.05, 4.69) is 17.4 Å². The summed E-state index contributed by atoms with van der Waals surface area (Å²) in [6, 6.07) is 23.1. The second kappa shape index (κ2) is 10.2. The molecule has 3 aromatic rings. The zero-order chi connectivity index (χ0) is 23.2. The minimum absolute atomic E-state index is 0.0170. The van der Waals surface area contributed by atoms with Crippen LogP contribution in [0.3, 0.4) is 0 Å². The highest BCUT2D eigenvalue weighted by molar-refractivity contribution is 6.00. The quantitative estimate of drug-likeness (QED) is 0.612. The van der Waals surface area contributed by atoms with Crippen molar-refractivity contribution in [3.63, 3.8) is 0 Å². The van der Waals surface area contributed by atoms with Crippen molar-refractivity contribution in [1.82, 2.24) is 10.2 Å². The number of methoxy groups -OCH3 is 2. The molecule has 2 amide bonds. The van der Waals surface area contributed by atoms with Crippen molar-refractivity contribution < 1.29 is 19.1 Å². The number of ether oxygens (including phenoxy) is 2. The molecule has 0 saturated carbocycles. The van der Waals surface area contributed by atoms with Crippen molar-refractivity contribution in [2.24, 2.45) is 0 Å². The molecule has 0 spiro atoms. The molecule has 1 N–H and O–H groups in total. The van der Waals surface area contributed by atoms with Gasteiger partial charge in [0.2, 0.25) is 0 Å². The number of amides is 2. The average Bonchev–Trinajstić information content (AvgIpc) is 2.88. The number of carbonyl (C=O) groups is 2. The topological polar surface area (TPSA) is 67.9 Å². The van der Waals surface area contributed by atoms with Gasteiger partial charge in [0.25, 0.3) is 11.8 Å². The zero-order valence-electron chi connectivity index (χ0n) is 18.9. The first-order valence-electron chi connectivity index (χ1n) is 11.1. The molecule has 0 atom stereocenters. The van der Waals surface area contributed by atoms with E-state index in [9.17, 15) is 9.59 Å².